The van der Waals surface area contributed by atoms with Crippen LogP contribution in [0.2, 0.25) is 0 Å². The smallest absolute Gasteiger partial charge is 0.333 e. The normalized spacial score (nSPS) is 11.8. The monoisotopic (exact) mass is 169 g/mol. The van der Waals surface area contributed by atoms with Crippen LogP contribution in [0.15, 0.2) is 23.9 Å². The zero-order valence-electron chi connectivity index (χ0n) is 7.55. The fraction of sp³-hybridized carbons (Fsp3) is 0.444. The van der Waals surface area contributed by atoms with E-state index in [1.165, 1.54) is 0 Å². The van der Waals surface area contributed by atoms with Crippen LogP contribution in [-0.2, 0) is 4.79 Å². The average Bonchev–Trinajstić information content (AvgIpc) is 2.03. The summed E-state index contributed by atoms with van der Waals surface area (Å²) in [6, 6.07) is 0. The molecule has 0 spiro atoms. The Bertz CT molecular complexity index is 207. The Labute approximate surface area is 72.8 Å². The molecule has 0 rings (SSSR count). The number of aliphatic carboxylic acids is 1. The third-order valence-electron chi connectivity index (χ3n) is 1.62. The van der Waals surface area contributed by atoms with Crippen molar-refractivity contribution in [1.29, 1.82) is 0 Å². The first-order valence-corrected chi connectivity index (χ1v) is 3.85. The van der Waals surface area contributed by atoms with Crippen molar-refractivity contribution in [2.24, 2.45) is 0 Å². The van der Waals surface area contributed by atoms with Gasteiger partial charge in [0.05, 0.1) is 5.57 Å². The lowest BCUT2D eigenvalue weighted by Crippen LogP contribution is -2.16. The van der Waals surface area contributed by atoms with Gasteiger partial charge < -0.3 is 10.4 Å². The lowest BCUT2D eigenvalue weighted by atomic mass is 10.2. The summed E-state index contributed by atoms with van der Waals surface area (Å²) in [7, 11) is 0. The highest BCUT2D eigenvalue weighted by molar-refractivity contribution is 5.86. The topological polar surface area (TPSA) is 49.3 Å². The van der Waals surface area contributed by atoms with E-state index in [0.29, 0.717) is 11.3 Å². The van der Waals surface area contributed by atoms with Gasteiger partial charge in [-0.25, -0.2) is 4.79 Å². The van der Waals surface area contributed by atoms with Crippen molar-refractivity contribution in [3.05, 3.63) is 23.9 Å². The van der Waals surface area contributed by atoms with Gasteiger partial charge in [0.15, 0.2) is 0 Å². The molecule has 0 aromatic rings. The van der Waals surface area contributed by atoms with Crippen LogP contribution in [-0.4, -0.2) is 17.6 Å². The number of carbonyl (C=O) groups is 1. The molecule has 0 aromatic heterocycles. The number of rotatable bonds is 5. The zero-order valence-corrected chi connectivity index (χ0v) is 7.55. The molecule has 3 heteroatoms. The highest BCUT2D eigenvalue weighted by atomic mass is 16.4. The molecule has 0 radical (unpaired) electrons. The van der Waals surface area contributed by atoms with Gasteiger partial charge in [-0.05, 0) is 20.3 Å². The summed E-state index contributed by atoms with van der Waals surface area (Å²) >= 11 is 0. The maximum absolute atomic E-state index is 10.5. The third-order valence-corrected chi connectivity index (χ3v) is 1.62. The van der Waals surface area contributed by atoms with Crippen molar-refractivity contribution in [3.63, 3.8) is 0 Å². The van der Waals surface area contributed by atoms with Crippen LogP contribution in [0.4, 0.5) is 0 Å². The van der Waals surface area contributed by atoms with E-state index < -0.39 is 5.97 Å². The molecule has 3 nitrogen and oxygen atoms in total. The van der Waals surface area contributed by atoms with Crippen molar-refractivity contribution in [2.45, 2.75) is 20.3 Å². The Kier molecular flexibility index (Phi) is 4.84. The van der Waals surface area contributed by atoms with E-state index in [9.17, 15) is 4.79 Å². The average molecular weight is 169 g/mol. The second-order valence-corrected chi connectivity index (χ2v) is 2.56. The summed E-state index contributed by atoms with van der Waals surface area (Å²) in [5.41, 5.74) is 1.07. The Hall–Kier alpha value is -1.25. The van der Waals surface area contributed by atoms with Crippen molar-refractivity contribution in [2.75, 3.05) is 6.54 Å². The van der Waals surface area contributed by atoms with Gasteiger partial charge >= 0.3 is 5.97 Å². The number of nitrogens with one attached hydrogen (secondary N) is 1. The van der Waals surface area contributed by atoms with E-state index in [0.717, 1.165) is 13.0 Å². The van der Waals surface area contributed by atoms with E-state index in [1.54, 1.807) is 19.9 Å². The van der Waals surface area contributed by atoms with Crippen LogP contribution in [0.1, 0.15) is 20.3 Å². The van der Waals surface area contributed by atoms with Crippen LogP contribution in [0.3, 0.4) is 0 Å². The van der Waals surface area contributed by atoms with E-state index in [2.05, 4.69) is 11.9 Å². The first-order valence-electron chi connectivity index (χ1n) is 3.85. The number of hydrogen-bond donors (Lipinski definition) is 2. The second-order valence-electron chi connectivity index (χ2n) is 2.56. The standard InChI is InChI=1S/C9H15NO2/c1-4-5-6-10-8(3)7(2)9(11)12/h4,10H,1,5-6H2,2-3H3,(H,11,12)/b8-7-. The molecule has 0 unspecified atom stereocenters. The minimum atomic E-state index is -0.876. The predicted octanol–water partition coefficient (Wildman–Crippen LogP) is 1.53. The molecule has 0 saturated carbocycles. The minimum absolute atomic E-state index is 0.360. The molecule has 68 valence electrons. The fourth-order valence-corrected chi connectivity index (χ4v) is 0.655. The van der Waals surface area contributed by atoms with E-state index in [1.807, 2.05) is 0 Å². The third kappa shape index (κ3) is 3.81. The molecule has 0 heterocycles. The van der Waals surface area contributed by atoms with Crippen molar-refractivity contribution >= 4 is 5.97 Å². The SMILES string of the molecule is C=CCCN/C(C)=C(/C)C(=O)O. The molecule has 0 bridgehead atoms. The molecule has 0 aliphatic heterocycles. The van der Waals surface area contributed by atoms with Gasteiger partial charge in [0.2, 0.25) is 0 Å². The van der Waals surface area contributed by atoms with Gasteiger partial charge in [-0.1, -0.05) is 6.08 Å². The van der Waals surface area contributed by atoms with Crippen molar-refractivity contribution < 1.29 is 9.90 Å². The number of carboxylic acids is 1. The molecule has 0 aliphatic carbocycles. The van der Waals surface area contributed by atoms with Gasteiger partial charge in [-0.3, -0.25) is 0 Å². The van der Waals surface area contributed by atoms with Gasteiger partial charge in [0, 0.05) is 12.2 Å². The van der Waals surface area contributed by atoms with Gasteiger partial charge in [0.1, 0.15) is 0 Å². The maximum atomic E-state index is 10.5. The second kappa shape index (κ2) is 5.41. The summed E-state index contributed by atoms with van der Waals surface area (Å²) in [4.78, 5) is 10.5. The molecule has 0 atom stereocenters. The van der Waals surface area contributed by atoms with Crippen LogP contribution in [0.25, 0.3) is 0 Å². The van der Waals surface area contributed by atoms with Crippen molar-refractivity contribution in [1.82, 2.24) is 5.32 Å². The van der Waals surface area contributed by atoms with Gasteiger partial charge in [-0.2, -0.15) is 0 Å². The Morgan fingerprint density at radius 1 is 1.58 bits per heavy atom. The van der Waals surface area contributed by atoms with Crippen LogP contribution in [0, 0.1) is 0 Å². The maximum Gasteiger partial charge on any atom is 0.333 e. The van der Waals surface area contributed by atoms with Crippen LogP contribution in [0.5, 0.6) is 0 Å². The lowest BCUT2D eigenvalue weighted by Gasteiger charge is -2.06. The largest absolute Gasteiger partial charge is 0.478 e. The Balaban J connectivity index is 3.99. The summed E-state index contributed by atoms with van der Waals surface area (Å²) in [6.45, 7) is 7.64. The van der Waals surface area contributed by atoms with Gasteiger partial charge in [0.25, 0.3) is 0 Å². The van der Waals surface area contributed by atoms with E-state index in [4.69, 9.17) is 5.11 Å². The summed E-state index contributed by atoms with van der Waals surface area (Å²) in [5.74, 6) is -0.876. The highest BCUT2D eigenvalue weighted by Gasteiger charge is 2.03. The number of hydrogen-bond acceptors (Lipinski definition) is 2. The number of carboxylic acid groups (broad SMARTS) is 1. The molecular weight excluding hydrogens is 154 g/mol. The zero-order chi connectivity index (χ0) is 9.56. The lowest BCUT2D eigenvalue weighted by molar-refractivity contribution is -0.132. The summed E-state index contributed by atoms with van der Waals surface area (Å²) in [6.07, 6.45) is 2.63. The first kappa shape index (κ1) is 10.8. The highest BCUT2D eigenvalue weighted by Crippen LogP contribution is 1.99. The van der Waals surface area contributed by atoms with Crippen LogP contribution < -0.4 is 5.32 Å². The Morgan fingerprint density at radius 2 is 2.17 bits per heavy atom. The van der Waals surface area contributed by atoms with Gasteiger partial charge in [-0.15, -0.1) is 6.58 Å². The Morgan fingerprint density at radius 3 is 2.58 bits per heavy atom. The summed E-state index contributed by atoms with van der Waals surface area (Å²) < 4.78 is 0. The van der Waals surface area contributed by atoms with Crippen LogP contribution >= 0.6 is 0 Å². The first-order chi connectivity index (χ1) is 5.59. The van der Waals surface area contributed by atoms with Crippen molar-refractivity contribution in [3.8, 4) is 0 Å². The summed E-state index contributed by atoms with van der Waals surface area (Å²) in [5, 5.41) is 11.6. The molecule has 0 amide bonds. The minimum Gasteiger partial charge on any atom is -0.478 e. The fourth-order valence-electron chi connectivity index (χ4n) is 0.655. The molecule has 0 aromatic carbocycles. The molecule has 2 N–H and O–H groups in total. The quantitative estimate of drug-likeness (QED) is 0.373. The molecule has 12 heavy (non-hydrogen) atoms. The predicted molar refractivity (Wildman–Crippen MR) is 48.8 cm³/mol. The molecule has 0 aliphatic rings. The number of allylic oxidation sites excluding steroid dienone is 1. The molecule has 0 fully saturated rings. The molecular formula is C9H15NO2. The molecule has 0 saturated heterocycles. The van der Waals surface area contributed by atoms with E-state index in [-0.39, 0.29) is 0 Å². The van der Waals surface area contributed by atoms with E-state index >= 15 is 0 Å².